The second kappa shape index (κ2) is 11.7. The Bertz CT molecular complexity index is 785. The van der Waals surface area contributed by atoms with Gasteiger partial charge in [-0.15, -0.1) is 0 Å². The van der Waals surface area contributed by atoms with Gasteiger partial charge in [0.1, 0.15) is 6.10 Å². The maximum Gasteiger partial charge on any atom is 0.416 e. The third-order valence-corrected chi connectivity index (χ3v) is 5.94. The number of urea groups is 1. The number of carbonyl (C=O) groups is 2. The van der Waals surface area contributed by atoms with Crippen LogP contribution in [0, 0.1) is 0 Å². The number of aliphatic hydroxyl groups is 1. The van der Waals surface area contributed by atoms with E-state index in [0.717, 1.165) is 31.8 Å². The average molecular weight is 473 g/mol. The maximum absolute atomic E-state index is 12.6. The fourth-order valence-corrected chi connectivity index (χ4v) is 4.16. The SMILES string of the molecule is O=C(C[C@H]1CC[C@@H](NC(=O)Nc2ccc(C(F)(F)F)cc2)[C@@H](CO)O1)NCCN1CCCC1. The van der Waals surface area contributed by atoms with E-state index in [1.165, 1.54) is 25.0 Å². The lowest BCUT2D eigenvalue weighted by molar-refractivity contribution is -0.137. The third kappa shape index (κ3) is 7.86. The van der Waals surface area contributed by atoms with Crippen LogP contribution in [0.5, 0.6) is 0 Å². The molecule has 0 aromatic heterocycles. The largest absolute Gasteiger partial charge is 0.416 e. The number of halogens is 3. The Morgan fingerprint density at radius 1 is 1.12 bits per heavy atom. The lowest BCUT2D eigenvalue weighted by Gasteiger charge is -2.36. The standard InChI is InChI=1S/C22H31F3N4O4/c23-22(24,25)15-3-5-16(6-4-15)27-21(32)28-18-8-7-17(33-19(18)14-30)13-20(31)26-9-12-29-10-1-2-11-29/h3-6,17-19,30H,1-2,7-14H2,(H,26,31)(H2,27,28,32)/t17-,18-,19-/m1/s1. The Balaban J connectivity index is 1.40. The number of ether oxygens (including phenoxy) is 1. The topological polar surface area (TPSA) is 103 Å². The number of rotatable bonds is 8. The lowest BCUT2D eigenvalue weighted by Crippen LogP contribution is -2.52. The number of hydrogen-bond acceptors (Lipinski definition) is 5. The molecule has 1 aromatic carbocycles. The monoisotopic (exact) mass is 472 g/mol. The van der Waals surface area contributed by atoms with E-state index in [2.05, 4.69) is 20.9 Å². The van der Waals surface area contributed by atoms with Crippen molar-refractivity contribution in [2.75, 3.05) is 38.1 Å². The van der Waals surface area contributed by atoms with Crippen LogP contribution in [0.4, 0.5) is 23.7 Å². The number of aliphatic hydroxyl groups excluding tert-OH is 1. The molecule has 1 aromatic rings. The molecule has 2 aliphatic heterocycles. The van der Waals surface area contributed by atoms with Crippen molar-refractivity contribution in [2.45, 2.75) is 56.5 Å². The highest BCUT2D eigenvalue weighted by atomic mass is 19.4. The van der Waals surface area contributed by atoms with E-state index in [1.54, 1.807) is 0 Å². The summed E-state index contributed by atoms with van der Waals surface area (Å²) in [6.07, 6.45) is -1.88. The van der Waals surface area contributed by atoms with Gasteiger partial charge >= 0.3 is 12.2 Å². The Hall–Kier alpha value is -2.37. The summed E-state index contributed by atoms with van der Waals surface area (Å²) in [6, 6.07) is 3.01. The molecular formula is C22H31F3N4O4. The minimum Gasteiger partial charge on any atom is -0.394 e. The van der Waals surface area contributed by atoms with E-state index in [1.807, 2.05) is 0 Å². The Labute approximate surface area is 190 Å². The maximum atomic E-state index is 12.6. The van der Waals surface area contributed by atoms with Crippen molar-refractivity contribution in [1.29, 1.82) is 0 Å². The van der Waals surface area contributed by atoms with Gasteiger partial charge < -0.3 is 30.7 Å². The quantitative estimate of drug-likeness (QED) is 0.465. The van der Waals surface area contributed by atoms with E-state index in [9.17, 15) is 27.9 Å². The van der Waals surface area contributed by atoms with Gasteiger partial charge in [0, 0.05) is 18.8 Å². The first-order valence-corrected chi connectivity index (χ1v) is 11.2. The molecule has 3 amide bonds. The highest BCUT2D eigenvalue weighted by Crippen LogP contribution is 2.30. The number of carbonyl (C=O) groups excluding carboxylic acids is 2. The van der Waals surface area contributed by atoms with Crippen molar-refractivity contribution >= 4 is 17.6 Å². The highest BCUT2D eigenvalue weighted by Gasteiger charge is 2.33. The summed E-state index contributed by atoms with van der Waals surface area (Å²) in [5, 5.41) is 17.7. The number of nitrogens with zero attached hydrogens (tertiary/aromatic N) is 1. The van der Waals surface area contributed by atoms with Gasteiger partial charge in [0.15, 0.2) is 0 Å². The van der Waals surface area contributed by atoms with Gasteiger partial charge in [-0.2, -0.15) is 13.2 Å². The highest BCUT2D eigenvalue weighted by molar-refractivity contribution is 5.89. The Morgan fingerprint density at radius 3 is 2.45 bits per heavy atom. The first-order valence-electron chi connectivity index (χ1n) is 11.2. The van der Waals surface area contributed by atoms with Crippen molar-refractivity contribution < 1.29 is 32.6 Å². The van der Waals surface area contributed by atoms with Crippen LogP contribution in [-0.4, -0.2) is 73.0 Å². The molecule has 33 heavy (non-hydrogen) atoms. The van der Waals surface area contributed by atoms with Crippen LogP contribution < -0.4 is 16.0 Å². The molecule has 0 spiro atoms. The van der Waals surface area contributed by atoms with E-state index < -0.39 is 29.9 Å². The molecular weight excluding hydrogens is 441 g/mol. The van der Waals surface area contributed by atoms with Crippen LogP contribution in [0.2, 0.25) is 0 Å². The van der Waals surface area contributed by atoms with E-state index >= 15 is 0 Å². The number of alkyl halides is 3. The van der Waals surface area contributed by atoms with Gasteiger partial charge in [-0.1, -0.05) is 0 Å². The van der Waals surface area contributed by atoms with Gasteiger partial charge in [0.05, 0.1) is 30.7 Å². The van der Waals surface area contributed by atoms with Gasteiger partial charge in [-0.05, 0) is 63.0 Å². The molecule has 0 saturated carbocycles. The molecule has 0 unspecified atom stereocenters. The molecule has 2 fully saturated rings. The molecule has 2 heterocycles. The molecule has 3 atom stereocenters. The summed E-state index contributed by atoms with van der Waals surface area (Å²) in [7, 11) is 0. The van der Waals surface area contributed by atoms with Crippen LogP contribution in [0.1, 0.15) is 37.7 Å². The molecule has 0 radical (unpaired) electrons. The van der Waals surface area contributed by atoms with Crippen LogP contribution in [0.3, 0.4) is 0 Å². The molecule has 0 aliphatic carbocycles. The Kier molecular flexibility index (Phi) is 8.93. The van der Waals surface area contributed by atoms with Gasteiger partial charge in [-0.3, -0.25) is 4.79 Å². The van der Waals surface area contributed by atoms with Gasteiger partial charge in [0.2, 0.25) is 5.91 Å². The summed E-state index contributed by atoms with van der Waals surface area (Å²) in [6.45, 7) is 3.22. The second-order valence-electron chi connectivity index (χ2n) is 8.44. The van der Waals surface area contributed by atoms with Crippen LogP contribution in [-0.2, 0) is 15.7 Å². The third-order valence-electron chi connectivity index (χ3n) is 5.94. The van der Waals surface area contributed by atoms with Crippen LogP contribution in [0.25, 0.3) is 0 Å². The molecule has 0 bridgehead atoms. The summed E-state index contributed by atoms with van der Waals surface area (Å²) in [5.74, 6) is -0.109. The van der Waals surface area contributed by atoms with Gasteiger partial charge in [0.25, 0.3) is 0 Å². The number of amides is 3. The molecule has 4 N–H and O–H groups in total. The van der Waals surface area contributed by atoms with Crippen LogP contribution in [0.15, 0.2) is 24.3 Å². The second-order valence-corrected chi connectivity index (χ2v) is 8.44. The number of nitrogens with one attached hydrogen (secondary N) is 3. The van der Waals surface area contributed by atoms with Gasteiger partial charge in [-0.25, -0.2) is 4.79 Å². The number of hydrogen-bond donors (Lipinski definition) is 4. The smallest absolute Gasteiger partial charge is 0.394 e. The number of likely N-dealkylation sites (tertiary alicyclic amines) is 1. The summed E-state index contributed by atoms with van der Waals surface area (Å²) < 4.78 is 43.7. The van der Waals surface area contributed by atoms with Crippen molar-refractivity contribution in [3.05, 3.63) is 29.8 Å². The molecule has 184 valence electrons. The molecule has 11 heteroatoms. The van der Waals surface area contributed by atoms with Crippen LogP contribution >= 0.6 is 0 Å². The lowest BCUT2D eigenvalue weighted by atomic mass is 9.97. The summed E-state index contributed by atoms with van der Waals surface area (Å²) >= 11 is 0. The summed E-state index contributed by atoms with van der Waals surface area (Å²) in [5.41, 5.74) is -0.595. The average Bonchev–Trinajstić information content (AvgIpc) is 3.28. The van der Waals surface area contributed by atoms with E-state index in [-0.39, 0.29) is 30.7 Å². The molecule has 8 nitrogen and oxygen atoms in total. The summed E-state index contributed by atoms with van der Waals surface area (Å²) in [4.78, 5) is 26.8. The van der Waals surface area contributed by atoms with E-state index in [4.69, 9.17) is 4.74 Å². The first-order chi connectivity index (χ1) is 15.7. The zero-order valence-electron chi connectivity index (χ0n) is 18.4. The zero-order chi connectivity index (χ0) is 23.8. The molecule has 2 saturated heterocycles. The minimum absolute atomic E-state index is 0.109. The normalized spacial score (nSPS) is 23.8. The molecule has 2 aliphatic rings. The van der Waals surface area contributed by atoms with Crippen molar-refractivity contribution in [3.63, 3.8) is 0 Å². The predicted octanol–water partition coefficient (Wildman–Crippen LogP) is 2.34. The number of benzene rings is 1. The van der Waals surface area contributed by atoms with Crippen molar-refractivity contribution in [1.82, 2.24) is 15.5 Å². The minimum atomic E-state index is -4.45. The molecule has 3 rings (SSSR count). The van der Waals surface area contributed by atoms with E-state index in [0.29, 0.717) is 19.4 Å². The fraction of sp³-hybridized carbons (Fsp3) is 0.636. The predicted molar refractivity (Wildman–Crippen MR) is 116 cm³/mol. The number of anilines is 1. The zero-order valence-corrected chi connectivity index (χ0v) is 18.4. The fourth-order valence-electron chi connectivity index (χ4n) is 4.16. The van der Waals surface area contributed by atoms with Crippen molar-refractivity contribution in [3.8, 4) is 0 Å². The first kappa shape index (κ1) is 25.3. The Morgan fingerprint density at radius 2 is 1.82 bits per heavy atom. The van der Waals surface area contributed by atoms with Crippen molar-refractivity contribution in [2.24, 2.45) is 0 Å².